The molecule has 6 nitrogen and oxygen atoms in total. The van der Waals surface area contributed by atoms with Crippen molar-refractivity contribution in [2.24, 2.45) is 0 Å². The van der Waals surface area contributed by atoms with Gasteiger partial charge in [-0.15, -0.1) is 0 Å². The molecule has 0 aliphatic carbocycles. The van der Waals surface area contributed by atoms with Crippen LogP contribution in [0, 0.1) is 13.8 Å². The van der Waals surface area contributed by atoms with Crippen LogP contribution in [0.15, 0.2) is 42.5 Å². The number of aromatic nitrogens is 4. The third-order valence-electron chi connectivity index (χ3n) is 3.39. The number of anilines is 1. The topological polar surface area (TPSA) is 75.9 Å². The van der Waals surface area contributed by atoms with E-state index in [0.29, 0.717) is 24.0 Å². The Morgan fingerprint density at radius 2 is 1.87 bits per heavy atom. The first kappa shape index (κ1) is 15.2. The molecule has 0 bridgehead atoms. The van der Waals surface area contributed by atoms with Gasteiger partial charge in [-0.3, -0.25) is 0 Å². The molecule has 0 unspecified atom stereocenters. The molecule has 2 aromatic heterocycles. The summed E-state index contributed by atoms with van der Waals surface area (Å²) in [5.41, 5.74) is 2.88. The maximum Gasteiger partial charge on any atom is 0.163 e. The molecule has 0 atom stereocenters. The van der Waals surface area contributed by atoms with E-state index < -0.39 is 0 Å². The fourth-order valence-corrected chi connectivity index (χ4v) is 2.39. The molecule has 0 fully saturated rings. The van der Waals surface area contributed by atoms with Crippen molar-refractivity contribution in [3.63, 3.8) is 0 Å². The highest BCUT2D eigenvalue weighted by molar-refractivity contribution is 5.59. The summed E-state index contributed by atoms with van der Waals surface area (Å²) in [7, 11) is 0. The van der Waals surface area contributed by atoms with Crippen molar-refractivity contribution in [3.05, 3.63) is 53.9 Å². The minimum atomic E-state index is 0.0416. The van der Waals surface area contributed by atoms with Gasteiger partial charge in [-0.1, -0.05) is 30.3 Å². The van der Waals surface area contributed by atoms with E-state index in [4.69, 9.17) is 5.11 Å². The third-order valence-corrected chi connectivity index (χ3v) is 3.39. The first-order valence-corrected chi connectivity index (χ1v) is 7.50. The molecule has 0 saturated carbocycles. The van der Waals surface area contributed by atoms with E-state index in [1.54, 1.807) is 4.68 Å². The summed E-state index contributed by atoms with van der Waals surface area (Å²) in [5, 5.41) is 16.6. The van der Waals surface area contributed by atoms with Crippen molar-refractivity contribution in [2.75, 3.05) is 18.5 Å². The second kappa shape index (κ2) is 6.58. The Labute approximate surface area is 134 Å². The second-order valence-corrected chi connectivity index (χ2v) is 5.29. The third kappa shape index (κ3) is 3.37. The lowest BCUT2D eigenvalue weighted by Gasteiger charge is -2.10. The fraction of sp³-hybridized carbons (Fsp3) is 0.235. The van der Waals surface area contributed by atoms with Crippen molar-refractivity contribution in [1.82, 2.24) is 19.7 Å². The Bertz CT molecular complexity index is 798. The number of hydrogen-bond acceptors (Lipinski definition) is 5. The van der Waals surface area contributed by atoms with E-state index in [0.717, 1.165) is 17.0 Å². The first-order chi connectivity index (χ1) is 11.2. The van der Waals surface area contributed by atoms with Crippen LogP contribution >= 0.6 is 0 Å². The van der Waals surface area contributed by atoms with Crippen LogP contribution in [0.2, 0.25) is 0 Å². The van der Waals surface area contributed by atoms with Gasteiger partial charge >= 0.3 is 0 Å². The molecular weight excluding hydrogens is 290 g/mol. The second-order valence-electron chi connectivity index (χ2n) is 5.29. The van der Waals surface area contributed by atoms with Gasteiger partial charge in [0.2, 0.25) is 0 Å². The number of aliphatic hydroxyl groups is 1. The standard InChI is InChI=1S/C17H19N5O/c1-12-10-13(2)22(21-12)16-11-15(18-8-9-23)19-17(20-16)14-6-4-3-5-7-14/h3-7,10-11,23H,8-9H2,1-2H3,(H,18,19,20). The summed E-state index contributed by atoms with van der Waals surface area (Å²) in [5.74, 6) is 1.98. The zero-order valence-corrected chi connectivity index (χ0v) is 13.2. The van der Waals surface area contributed by atoms with Crippen LogP contribution in [-0.2, 0) is 0 Å². The largest absolute Gasteiger partial charge is 0.395 e. The highest BCUT2D eigenvalue weighted by Gasteiger charge is 2.11. The average molecular weight is 309 g/mol. The summed E-state index contributed by atoms with van der Waals surface area (Å²) < 4.78 is 1.80. The maximum atomic E-state index is 9.02. The number of benzene rings is 1. The number of nitrogens with zero attached hydrogens (tertiary/aromatic N) is 4. The molecule has 0 radical (unpaired) electrons. The van der Waals surface area contributed by atoms with E-state index in [1.165, 1.54) is 0 Å². The summed E-state index contributed by atoms with van der Waals surface area (Å²) in [6, 6.07) is 13.6. The molecule has 0 amide bonds. The Hall–Kier alpha value is -2.73. The fourth-order valence-electron chi connectivity index (χ4n) is 2.39. The van der Waals surface area contributed by atoms with Gasteiger partial charge in [-0.25, -0.2) is 14.6 Å². The van der Waals surface area contributed by atoms with E-state index in [1.807, 2.05) is 56.3 Å². The molecule has 0 aliphatic rings. The molecule has 6 heteroatoms. The van der Waals surface area contributed by atoms with Gasteiger partial charge in [0.25, 0.3) is 0 Å². The van der Waals surface area contributed by atoms with E-state index in [9.17, 15) is 0 Å². The predicted octanol–water partition coefficient (Wildman–Crippen LogP) is 2.35. The van der Waals surface area contributed by atoms with Gasteiger partial charge in [0.15, 0.2) is 11.6 Å². The molecule has 3 aromatic rings. The molecule has 2 heterocycles. The molecular formula is C17H19N5O. The van der Waals surface area contributed by atoms with Crippen molar-refractivity contribution < 1.29 is 5.11 Å². The van der Waals surface area contributed by atoms with E-state index >= 15 is 0 Å². The number of nitrogens with one attached hydrogen (secondary N) is 1. The molecule has 118 valence electrons. The van der Waals surface area contributed by atoms with Crippen molar-refractivity contribution in [2.45, 2.75) is 13.8 Å². The zero-order chi connectivity index (χ0) is 16.2. The van der Waals surface area contributed by atoms with Crippen LogP contribution in [0.3, 0.4) is 0 Å². The van der Waals surface area contributed by atoms with Crippen LogP contribution < -0.4 is 5.32 Å². The molecule has 2 N–H and O–H groups in total. The van der Waals surface area contributed by atoms with E-state index in [-0.39, 0.29) is 6.61 Å². The zero-order valence-electron chi connectivity index (χ0n) is 13.2. The summed E-state index contributed by atoms with van der Waals surface area (Å²) in [6.45, 7) is 4.42. The Morgan fingerprint density at radius 1 is 1.09 bits per heavy atom. The number of aliphatic hydroxyl groups excluding tert-OH is 1. The van der Waals surface area contributed by atoms with Crippen molar-refractivity contribution in [3.8, 4) is 17.2 Å². The SMILES string of the molecule is Cc1cc(C)n(-c2cc(NCCO)nc(-c3ccccc3)n2)n1. The van der Waals surface area contributed by atoms with Gasteiger partial charge < -0.3 is 10.4 Å². The van der Waals surface area contributed by atoms with Crippen molar-refractivity contribution in [1.29, 1.82) is 0 Å². The highest BCUT2D eigenvalue weighted by Crippen LogP contribution is 2.20. The van der Waals surface area contributed by atoms with Gasteiger partial charge in [0.05, 0.1) is 12.3 Å². The monoisotopic (exact) mass is 309 g/mol. The van der Waals surface area contributed by atoms with Crippen molar-refractivity contribution >= 4 is 5.82 Å². The Balaban J connectivity index is 2.10. The lowest BCUT2D eigenvalue weighted by Crippen LogP contribution is -2.10. The molecule has 0 spiro atoms. The van der Waals surface area contributed by atoms with Gasteiger partial charge in [-0.2, -0.15) is 5.10 Å². The maximum absolute atomic E-state index is 9.02. The highest BCUT2D eigenvalue weighted by atomic mass is 16.3. The van der Waals surface area contributed by atoms with Crippen LogP contribution in [-0.4, -0.2) is 38.0 Å². The summed E-state index contributed by atoms with van der Waals surface area (Å²) in [4.78, 5) is 9.17. The molecule has 1 aromatic carbocycles. The predicted molar refractivity (Wildman–Crippen MR) is 89.6 cm³/mol. The minimum Gasteiger partial charge on any atom is -0.395 e. The quantitative estimate of drug-likeness (QED) is 0.756. The van der Waals surface area contributed by atoms with Crippen LogP contribution in [0.5, 0.6) is 0 Å². The lowest BCUT2D eigenvalue weighted by atomic mass is 10.2. The molecule has 23 heavy (non-hydrogen) atoms. The first-order valence-electron chi connectivity index (χ1n) is 7.50. The van der Waals surface area contributed by atoms with Crippen LogP contribution in [0.1, 0.15) is 11.4 Å². The number of hydrogen-bond donors (Lipinski definition) is 2. The molecule has 3 rings (SSSR count). The number of rotatable bonds is 5. The smallest absolute Gasteiger partial charge is 0.163 e. The van der Waals surface area contributed by atoms with Gasteiger partial charge in [0, 0.05) is 23.9 Å². The van der Waals surface area contributed by atoms with Gasteiger partial charge in [0.1, 0.15) is 5.82 Å². The van der Waals surface area contributed by atoms with Gasteiger partial charge in [-0.05, 0) is 19.9 Å². The van der Waals surface area contributed by atoms with E-state index in [2.05, 4.69) is 20.4 Å². The normalized spacial score (nSPS) is 10.7. The van der Waals surface area contributed by atoms with Crippen LogP contribution in [0.25, 0.3) is 17.2 Å². The average Bonchev–Trinajstić information content (AvgIpc) is 2.92. The Morgan fingerprint density at radius 3 is 2.52 bits per heavy atom. The summed E-state index contributed by atoms with van der Waals surface area (Å²) in [6.07, 6.45) is 0. The summed E-state index contributed by atoms with van der Waals surface area (Å²) >= 11 is 0. The molecule has 0 saturated heterocycles. The number of aryl methyl sites for hydroxylation is 2. The Kier molecular flexibility index (Phi) is 4.34. The lowest BCUT2D eigenvalue weighted by molar-refractivity contribution is 0.311. The molecule has 0 aliphatic heterocycles. The minimum absolute atomic E-state index is 0.0416. The van der Waals surface area contributed by atoms with Crippen LogP contribution in [0.4, 0.5) is 5.82 Å².